The van der Waals surface area contributed by atoms with E-state index in [1.807, 2.05) is 35.7 Å². The number of likely N-dealkylation sites (tertiary alicyclic amines) is 1. The standard InChI is InChI=1S/C21H27ClN2OS2/c22-18-5-3-17(4-6-18)21(9-1-2-10-21)19(25)24-12-7-16(8-13-24)15-27-20-23-11-14-26-20/h3-6,16H,1-2,7-15H2. The first-order valence-corrected chi connectivity index (χ1v) is 12.4. The highest BCUT2D eigenvalue weighted by molar-refractivity contribution is 8.39. The Kier molecular flexibility index (Phi) is 6.40. The molecule has 2 heterocycles. The van der Waals surface area contributed by atoms with Crippen LogP contribution in [0.2, 0.25) is 5.02 Å². The van der Waals surface area contributed by atoms with Gasteiger partial charge in [0.15, 0.2) is 0 Å². The molecule has 2 aliphatic heterocycles. The molecule has 0 atom stereocenters. The highest BCUT2D eigenvalue weighted by atomic mass is 35.5. The van der Waals surface area contributed by atoms with Crippen LogP contribution in [0.1, 0.15) is 44.1 Å². The number of aliphatic imine (C=N–C) groups is 1. The molecule has 3 aliphatic rings. The second kappa shape index (κ2) is 8.79. The Balaban J connectivity index is 1.37. The summed E-state index contributed by atoms with van der Waals surface area (Å²) in [6, 6.07) is 7.98. The zero-order chi connectivity index (χ0) is 18.7. The number of halogens is 1. The summed E-state index contributed by atoms with van der Waals surface area (Å²) < 4.78 is 1.26. The van der Waals surface area contributed by atoms with E-state index < -0.39 is 0 Å². The Bertz CT molecular complexity index is 693. The Labute approximate surface area is 175 Å². The zero-order valence-electron chi connectivity index (χ0n) is 15.7. The van der Waals surface area contributed by atoms with Crippen molar-refractivity contribution < 1.29 is 4.79 Å². The normalized spacial score (nSPS) is 22.9. The summed E-state index contributed by atoms with van der Waals surface area (Å²) in [6.07, 6.45) is 6.46. The predicted octanol–water partition coefficient (Wildman–Crippen LogP) is 5.23. The summed E-state index contributed by atoms with van der Waals surface area (Å²) in [6.45, 7) is 2.78. The fraction of sp³-hybridized carbons (Fsp3) is 0.619. The van der Waals surface area contributed by atoms with Crippen molar-refractivity contribution in [2.75, 3.05) is 31.1 Å². The van der Waals surface area contributed by atoms with E-state index in [1.165, 1.54) is 4.38 Å². The predicted molar refractivity (Wildman–Crippen MR) is 118 cm³/mol. The van der Waals surface area contributed by atoms with Gasteiger partial charge in [0, 0.05) is 29.6 Å². The molecule has 0 aromatic heterocycles. The molecule has 1 saturated heterocycles. The SMILES string of the molecule is O=C(N1CCC(CSC2=NCCS2)CC1)C1(c2ccc(Cl)cc2)CCCC1. The Morgan fingerprint density at radius 3 is 2.56 bits per heavy atom. The van der Waals surface area contributed by atoms with Crippen LogP contribution in [0.3, 0.4) is 0 Å². The van der Waals surface area contributed by atoms with Crippen LogP contribution in [0, 0.1) is 5.92 Å². The van der Waals surface area contributed by atoms with Gasteiger partial charge >= 0.3 is 0 Å². The van der Waals surface area contributed by atoms with E-state index in [9.17, 15) is 4.79 Å². The molecule has 27 heavy (non-hydrogen) atoms. The lowest BCUT2D eigenvalue weighted by molar-refractivity contribution is -0.138. The van der Waals surface area contributed by atoms with Crippen LogP contribution in [-0.4, -0.2) is 46.3 Å². The number of carbonyl (C=O) groups excluding carboxylic acids is 1. The second-order valence-electron chi connectivity index (χ2n) is 7.84. The van der Waals surface area contributed by atoms with Gasteiger partial charge in [-0.25, -0.2) is 0 Å². The van der Waals surface area contributed by atoms with Gasteiger partial charge < -0.3 is 4.90 Å². The minimum absolute atomic E-state index is 0.318. The van der Waals surface area contributed by atoms with Gasteiger partial charge in [-0.05, 0) is 49.3 Å². The first-order valence-electron chi connectivity index (χ1n) is 10.0. The summed E-state index contributed by atoms with van der Waals surface area (Å²) in [5.41, 5.74) is 0.838. The number of hydrogen-bond acceptors (Lipinski definition) is 4. The van der Waals surface area contributed by atoms with E-state index in [-0.39, 0.29) is 5.41 Å². The number of nitrogens with zero attached hydrogens (tertiary/aromatic N) is 2. The quantitative estimate of drug-likeness (QED) is 0.666. The molecule has 1 amide bonds. The minimum atomic E-state index is -0.318. The van der Waals surface area contributed by atoms with Crippen molar-refractivity contribution in [3.8, 4) is 0 Å². The summed E-state index contributed by atoms with van der Waals surface area (Å²) in [5, 5.41) is 0.739. The number of rotatable bonds is 4. The Morgan fingerprint density at radius 1 is 1.22 bits per heavy atom. The van der Waals surface area contributed by atoms with Crippen molar-refractivity contribution in [1.29, 1.82) is 0 Å². The van der Waals surface area contributed by atoms with Crippen LogP contribution in [0.4, 0.5) is 0 Å². The van der Waals surface area contributed by atoms with Crippen molar-refractivity contribution in [3.05, 3.63) is 34.9 Å². The van der Waals surface area contributed by atoms with E-state index in [4.69, 9.17) is 11.6 Å². The molecule has 3 nitrogen and oxygen atoms in total. The van der Waals surface area contributed by atoms with Crippen LogP contribution in [0.15, 0.2) is 29.3 Å². The fourth-order valence-electron chi connectivity index (χ4n) is 4.57. The van der Waals surface area contributed by atoms with Gasteiger partial charge in [0.2, 0.25) is 5.91 Å². The first-order chi connectivity index (χ1) is 13.2. The molecule has 1 saturated carbocycles. The lowest BCUT2D eigenvalue weighted by Gasteiger charge is -2.39. The first kappa shape index (κ1) is 19.7. The number of carbonyl (C=O) groups is 1. The third kappa shape index (κ3) is 4.35. The lowest BCUT2D eigenvalue weighted by Crippen LogP contribution is -2.48. The van der Waals surface area contributed by atoms with Crippen molar-refractivity contribution in [2.45, 2.75) is 43.9 Å². The summed E-state index contributed by atoms with van der Waals surface area (Å²) in [5.74, 6) is 3.35. The number of hydrogen-bond donors (Lipinski definition) is 0. The third-order valence-corrected chi connectivity index (χ3v) is 8.90. The molecule has 1 aromatic rings. The highest BCUT2D eigenvalue weighted by Gasteiger charge is 2.45. The maximum atomic E-state index is 13.5. The van der Waals surface area contributed by atoms with Gasteiger partial charge in [-0.2, -0.15) is 0 Å². The van der Waals surface area contributed by atoms with Crippen LogP contribution in [0.5, 0.6) is 0 Å². The molecule has 0 unspecified atom stereocenters. The molecule has 1 aromatic carbocycles. The highest BCUT2D eigenvalue weighted by Crippen LogP contribution is 2.43. The lowest BCUT2D eigenvalue weighted by atomic mass is 9.77. The molecule has 2 fully saturated rings. The number of benzene rings is 1. The molecule has 0 radical (unpaired) electrons. The Hall–Kier alpha value is -0.650. The minimum Gasteiger partial charge on any atom is -0.342 e. The van der Waals surface area contributed by atoms with Crippen LogP contribution in [0.25, 0.3) is 0 Å². The Morgan fingerprint density at radius 2 is 1.93 bits per heavy atom. The number of amides is 1. The van der Waals surface area contributed by atoms with Gasteiger partial charge in [0.25, 0.3) is 0 Å². The summed E-state index contributed by atoms with van der Waals surface area (Å²) in [4.78, 5) is 20.2. The topological polar surface area (TPSA) is 32.7 Å². The van der Waals surface area contributed by atoms with Crippen LogP contribution in [-0.2, 0) is 10.2 Å². The molecule has 4 rings (SSSR count). The zero-order valence-corrected chi connectivity index (χ0v) is 18.1. The number of thioether (sulfide) groups is 2. The van der Waals surface area contributed by atoms with E-state index in [0.29, 0.717) is 11.8 Å². The number of piperidine rings is 1. The van der Waals surface area contributed by atoms with Gasteiger partial charge in [-0.15, -0.1) is 0 Å². The molecule has 0 bridgehead atoms. The van der Waals surface area contributed by atoms with Crippen LogP contribution >= 0.6 is 35.1 Å². The fourth-order valence-corrected chi connectivity index (χ4v) is 6.92. The van der Waals surface area contributed by atoms with Crippen molar-refractivity contribution in [3.63, 3.8) is 0 Å². The molecular formula is C21H27ClN2OS2. The molecule has 1 aliphatic carbocycles. The summed E-state index contributed by atoms with van der Waals surface area (Å²) in [7, 11) is 0. The summed E-state index contributed by atoms with van der Waals surface area (Å²) >= 11 is 9.89. The average molecular weight is 423 g/mol. The molecule has 146 valence electrons. The van der Waals surface area contributed by atoms with Crippen molar-refractivity contribution in [2.24, 2.45) is 10.9 Å². The smallest absolute Gasteiger partial charge is 0.233 e. The van der Waals surface area contributed by atoms with Gasteiger partial charge in [-0.3, -0.25) is 9.79 Å². The molecule has 6 heteroatoms. The van der Waals surface area contributed by atoms with E-state index in [0.717, 1.165) is 80.3 Å². The second-order valence-corrected chi connectivity index (χ2v) is 10.6. The van der Waals surface area contributed by atoms with Gasteiger partial charge in [0.05, 0.1) is 12.0 Å². The maximum absolute atomic E-state index is 13.5. The van der Waals surface area contributed by atoms with Gasteiger partial charge in [-0.1, -0.05) is 60.1 Å². The largest absolute Gasteiger partial charge is 0.342 e. The van der Waals surface area contributed by atoms with Gasteiger partial charge in [0.1, 0.15) is 4.38 Å². The van der Waals surface area contributed by atoms with E-state index >= 15 is 0 Å². The third-order valence-electron chi connectivity index (χ3n) is 6.17. The van der Waals surface area contributed by atoms with Crippen molar-refractivity contribution in [1.82, 2.24) is 4.90 Å². The van der Waals surface area contributed by atoms with Crippen LogP contribution < -0.4 is 0 Å². The maximum Gasteiger partial charge on any atom is 0.233 e. The van der Waals surface area contributed by atoms with E-state index in [2.05, 4.69) is 22.0 Å². The molecule has 0 spiro atoms. The van der Waals surface area contributed by atoms with Crippen molar-refractivity contribution >= 4 is 45.4 Å². The average Bonchev–Trinajstić information content (AvgIpc) is 3.39. The molecular weight excluding hydrogens is 396 g/mol. The van der Waals surface area contributed by atoms with E-state index in [1.54, 1.807) is 0 Å². The molecule has 0 N–H and O–H groups in total. The monoisotopic (exact) mass is 422 g/mol.